The Morgan fingerprint density at radius 1 is 0.967 bits per heavy atom. The summed E-state index contributed by atoms with van der Waals surface area (Å²) in [5.41, 5.74) is 5.43. The van der Waals surface area contributed by atoms with Gasteiger partial charge in [0.25, 0.3) is 0 Å². The molecule has 0 amide bonds. The summed E-state index contributed by atoms with van der Waals surface area (Å²) < 4.78 is 27.9. The molecule has 7 heteroatoms. The third-order valence-electron chi connectivity index (χ3n) is 5.88. The molecule has 0 radical (unpaired) electrons. The lowest BCUT2D eigenvalue weighted by Gasteiger charge is -2.41. The van der Waals surface area contributed by atoms with E-state index in [0.717, 1.165) is 43.2 Å². The quantitative estimate of drug-likeness (QED) is 0.458. The number of rotatable bonds is 8. The fourth-order valence-electron chi connectivity index (χ4n) is 4.35. The van der Waals surface area contributed by atoms with Gasteiger partial charge in [0.1, 0.15) is 5.75 Å². The summed E-state index contributed by atoms with van der Waals surface area (Å²) in [5.74, 6) is 2.45. The molecule has 2 aromatic rings. The SMILES string of the molecule is COCCOP(C)Oc1cc2c(cc1OC)CN1CCc3cc(OC)ccc3C1C2. The van der Waals surface area contributed by atoms with Crippen LogP contribution < -0.4 is 14.0 Å². The number of hydrogen-bond acceptors (Lipinski definition) is 6. The van der Waals surface area contributed by atoms with Gasteiger partial charge in [0.15, 0.2) is 11.5 Å². The molecule has 2 aliphatic rings. The van der Waals surface area contributed by atoms with E-state index in [1.807, 2.05) is 6.66 Å². The summed E-state index contributed by atoms with van der Waals surface area (Å²) in [5, 5.41) is 0. The fraction of sp³-hybridized carbons (Fsp3) is 0.478. The monoisotopic (exact) mass is 431 g/mol. The molecule has 2 atom stereocenters. The summed E-state index contributed by atoms with van der Waals surface area (Å²) in [6.45, 7) is 5.00. The van der Waals surface area contributed by atoms with E-state index < -0.39 is 8.38 Å². The Kier molecular flexibility index (Phi) is 6.79. The molecule has 0 fully saturated rings. The molecule has 6 nitrogen and oxygen atoms in total. The minimum Gasteiger partial charge on any atom is -0.497 e. The Morgan fingerprint density at radius 3 is 2.57 bits per heavy atom. The van der Waals surface area contributed by atoms with Crippen LogP contribution in [0.2, 0.25) is 0 Å². The predicted molar refractivity (Wildman–Crippen MR) is 118 cm³/mol. The van der Waals surface area contributed by atoms with Crippen molar-refractivity contribution in [1.29, 1.82) is 0 Å². The van der Waals surface area contributed by atoms with Crippen LogP contribution in [0.4, 0.5) is 0 Å². The van der Waals surface area contributed by atoms with E-state index in [1.165, 1.54) is 22.3 Å². The molecule has 0 bridgehead atoms. The minimum atomic E-state index is -1.05. The highest BCUT2D eigenvalue weighted by Crippen LogP contribution is 2.45. The third-order valence-corrected chi connectivity index (χ3v) is 6.88. The Morgan fingerprint density at radius 2 is 1.80 bits per heavy atom. The third kappa shape index (κ3) is 4.42. The molecule has 0 aliphatic carbocycles. The van der Waals surface area contributed by atoms with E-state index in [-0.39, 0.29) is 0 Å². The van der Waals surface area contributed by atoms with Gasteiger partial charge in [-0.05, 0) is 59.4 Å². The first kappa shape index (κ1) is 21.4. The lowest BCUT2D eigenvalue weighted by Crippen LogP contribution is -2.39. The van der Waals surface area contributed by atoms with Crippen LogP contribution >= 0.6 is 8.38 Å². The van der Waals surface area contributed by atoms with Crippen LogP contribution in [-0.2, 0) is 28.6 Å². The summed E-state index contributed by atoms with van der Waals surface area (Å²) in [6.07, 6.45) is 2.01. The highest BCUT2D eigenvalue weighted by atomic mass is 31.2. The number of fused-ring (bicyclic) bond motifs is 4. The Hall–Kier alpha value is -1.85. The maximum absolute atomic E-state index is 6.12. The van der Waals surface area contributed by atoms with E-state index in [9.17, 15) is 0 Å². The van der Waals surface area contributed by atoms with Gasteiger partial charge >= 0.3 is 0 Å². The number of hydrogen-bond donors (Lipinski definition) is 0. The van der Waals surface area contributed by atoms with E-state index in [1.54, 1.807) is 21.3 Å². The van der Waals surface area contributed by atoms with Crippen LogP contribution in [0.3, 0.4) is 0 Å². The van der Waals surface area contributed by atoms with Gasteiger partial charge in [0.2, 0.25) is 8.38 Å². The van der Waals surface area contributed by atoms with Crippen LogP contribution in [0.25, 0.3) is 0 Å². The van der Waals surface area contributed by atoms with E-state index >= 15 is 0 Å². The van der Waals surface area contributed by atoms with Gasteiger partial charge in [-0.2, -0.15) is 0 Å². The maximum Gasteiger partial charge on any atom is 0.227 e. The van der Waals surface area contributed by atoms with Crippen LogP contribution in [0.15, 0.2) is 30.3 Å². The van der Waals surface area contributed by atoms with Crippen molar-refractivity contribution in [1.82, 2.24) is 4.90 Å². The maximum atomic E-state index is 6.12. The average Bonchev–Trinajstić information content (AvgIpc) is 2.77. The van der Waals surface area contributed by atoms with Gasteiger partial charge in [0, 0.05) is 32.9 Å². The molecule has 4 rings (SSSR count). The van der Waals surface area contributed by atoms with Crippen LogP contribution in [0, 0.1) is 0 Å². The van der Waals surface area contributed by atoms with Gasteiger partial charge in [-0.3, -0.25) is 4.90 Å². The summed E-state index contributed by atoms with van der Waals surface area (Å²) >= 11 is 0. The van der Waals surface area contributed by atoms with Crippen LogP contribution in [0.5, 0.6) is 17.2 Å². The Bertz CT molecular complexity index is 890. The second kappa shape index (κ2) is 9.52. The highest BCUT2D eigenvalue weighted by Gasteiger charge is 2.33. The van der Waals surface area contributed by atoms with Gasteiger partial charge < -0.3 is 23.3 Å². The highest BCUT2D eigenvalue weighted by molar-refractivity contribution is 7.46. The fourth-order valence-corrected chi connectivity index (χ4v) is 5.15. The molecule has 0 saturated heterocycles. The topological polar surface area (TPSA) is 49.4 Å². The van der Waals surface area contributed by atoms with Crippen molar-refractivity contribution in [3.05, 3.63) is 52.6 Å². The molecule has 30 heavy (non-hydrogen) atoms. The van der Waals surface area contributed by atoms with Crippen molar-refractivity contribution in [2.24, 2.45) is 0 Å². The molecule has 2 aliphatic heterocycles. The Labute approximate surface area is 179 Å². The summed E-state index contributed by atoms with van der Waals surface area (Å²) in [4.78, 5) is 2.57. The number of ether oxygens (including phenoxy) is 3. The van der Waals surface area contributed by atoms with Gasteiger partial charge in [0.05, 0.1) is 27.4 Å². The number of benzene rings is 2. The molecule has 2 heterocycles. The van der Waals surface area contributed by atoms with Crippen molar-refractivity contribution < 1.29 is 23.3 Å². The van der Waals surface area contributed by atoms with E-state index in [4.69, 9.17) is 23.3 Å². The summed E-state index contributed by atoms with van der Waals surface area (Å²) in [6, 6.07) is 11.1. The minimum absolute atomic E-state index is 0.384. The molecular weight excluding hydrogens is 401 g/mol. The molecule has 0 N–H and O–H groups in total. The van der Waals surface area contributed by atoms with E-state index in [0.29, 0.717) is 19.3 Å². The van der Waals surface area contributed by atoms with Crippen LogP contribution in [-0.4, -0.2) is 52.7 Å². The zero-order valence-corrected chi connectivity index (χ0v) is 19.0. The first-order chi connectivity index (χ1) is 14.6. The van der Waals surface area contributed by atoms with Crippen molar-refractivity contribution in [2.75, 3.05) is 47.8 Å². The predicted octanol–water partition coefficient (Wildman–Crippen LogP) is 4.34. The molecule has 0 spiro atoms. The standard InChI is InChI=1S/C23H30NO5P/c1-25-9-10-28-30(4)29-23-13-17-12-21-20-6-5-19(26-2)11-16(20)7-8-24(21)15-18(17)14-22(23)27-3/h5-6,11,13-14,21H,7-10,12,15H2,1-4H3. The number of nitrogens with zero attached hydrogens (tertiary/aromatic N) is 1. The normalized spacial score (nSPS) is 18.7. The molecule has 0 saturated carbocycles. The lowest BCUT2D eigenvalue weighted by molar-refractivity contribution is 0.148. The second-order valence-electron chi connectivity index (χ2n) is 7.63. The van der Waals surface area contributed by atoms with Gasteiger partial charge in [-0.25, -0.2) is 0 Å². The molecule has 162 valence electrons. The first-order valence-corrected chi connectivity index (χ1v) is 11.9. The zero-order chi connectivity index (χ0) is 21.1. The van der Waals surface area contributed by atoms with Crippen molar-refractivity contribution in [3.63, 3.8) is 0 Å². The second-order valence-corrected chi connectivity index (χ2v) is 8.95. The van der Waals surface area contributed by atoms with E-state index in [2.05, 4.69) is 35.2 Å². The largest absolute Gasteiger partial charge is 0.497 e. The molecule has 2 aromatic carbocycles. The molecular formula is C23H30NO5P. The number of methoxy groups -OCH3 is 3. The van der Waals surface area contributed by atoms with Gasteiger partial charge in [-0.15, -0.1) is 0 Å². The van der Waals surface area contributed by atoms with Gasteiger partial charge in [-0.1, -0.05) is 6.07 Å². The summed E-state index contributed by atoms with van der Waals surface area (Å²) in [7, 11) is 4.03. The van der Waals surface area contributed by atoms with Crippen molar-refractivity contribution >= 4 is 8.38 Å². The van der Waals surface area contributed by atoms with Crippen molar-refractivity contribution in [2.45, 2.75) is 25.4 Å². The zero-order valence-electron chi connectivity index (χ0n) is 18.1. The smallest absolute Gasteiger partial charge is 0.227 e. The Balaban J connectivity index is 1.57. The average molecular weight is 431 g/mol. The van der Waals surface area contributed by atoms with Crippen LogP contribution in [0.1, 0.15) is 28.3 Å². The lowest BCUT2D eigenvalue weighted by atomic mass is 9.84. The molecule has 2 unspecified atom stereocenters. The van der Waals surface area contributed by atoms with Crippen molar-refractivity contribution in [3.8, 4) is 17.2 Å². The molecule has 0 aromatic heterocycles. The first-order valence-electron chi connectivity index (χ1n) is 10.3.